The first-order valence-corrected chi connectivity index (χ1v) is 6.04. The second kappa shape index (κ2) is 8.66. The fraction of sp³-hybridized carbons (Fsp3) is 0.909. The number of piperidine rings is 1. The van der Waals surface area contributed by atoms with Gasteiger partial charge in [-0.05, 0) is 12.8 Å². The van der Waals surface area contributed by atoms with Crippen LogP contribution in [0.1, 0.15) is 12.8 Å². The molecule has 0 bridgehead atoms. The number of likely N-dealkylation sites (tertiary alicyclic amines) is 1. The van der Waals surface area contributed by atoms with Crippen molar-refractivity contribution in [1.29, 1.82) is 0 Å². The summed E-state index contributed by atoms with van der Waals surface area (Å²) in [4.78, 5) is 13.3. The average Bonchev–Trinajstić information content (AvgIpc) is 2.36. The highest BCUT2D eigenvalue weighted by Gasteiger charge is 2.32. The van der Waals surface area contributed by atoms with Gasteiger partial charge in [-0.1, -0.05) is 0 Å². The van der Waals surface area contributed by atoms with E-state index in [0.29, 0.717) is 19.4 Å². The van der Waals surface area contributed by atoms with Crippen LogP contribution in [-0.2, 0) is 14.3 Å². The number of hydrogen-bond donors (Lipinski definition) is 1. The molecule has 2 atom stereocenters. The molecule has 0 saturated carbocycles. The highest BCUT2D eigenvalue weighted by Crippen LogP contribution is 2.20. The standard InChI is InChI=1S/C11H19F3N2O3.ClH/c1-18-9-2-3-16(8(4-9)5-15)10(17)6-19-7-11(12,13)14;/h8-9H,2-7,15H2,1H3;1H. The first-order chi connectivity index (χ1) is 8.87. The number of carbonyl (C=O) groups is 1. The van der Waals surface area contributed by atoms with E-state index in [-0.39, 0.29) is 31.1 Å². The van der Waals surface area contributed by atoms with Gasteiger partial charge >= 0.3 is 6.18 Å². The molecule has 1 fully saturated rings. The van der Waals surface area contributed by atoms with Crippen LogP contribution in [0, 0.1) is 0 Å². The number of ether oxygens (including phenoxy) is 2. The molecular formula is C11H20ClF3N2O3. The quantitative estimate of drug-likeness (QED) is 0.819. The van der Waals surface area contributed by atoms with E-state index >= 15 is 0 Å². The van der Waals surface area contributed by atoms with E-state index in [9.17, 15) is 18.0 Å². The molecular weight excluding hydrogens is 301 g/mol. The molecule has 0 aromatic heterocycles. The number of alkyl halides is 3. The van der Waals surface area contributed by atoms with Gasteiger partial charge in [0.25, 0.3) is 0 Å². The molecule has 1 rings (SSSR count). The lowest BCUT2D eigenvalue weighted by molar-refractivity contribution is -0.179. The Morgan fingerprint density at radius 3 is 2.60 bits per heavy atom. The van der Waals surface area contributed by atoms with Crippen LogP contribution in [-0.4, -0.2) is 62.5 Å². The Morgan fingerprint density at radius 2 is 2.10 bits per heavy atom. The number of hydrogen-bond acceptors (Lipinski definition) is 4. The van der Waals surface area contributed by atoms with E-state index in [1.165, 1.54) is 4.90 Å². The van der Waals surface area contributed by atoms with Crippen LogP contribution >= 0.6 is 12.4 Å². The molecule has 5 nitrogen and oxygen atoms in total. The molecule has 2 N–H and O–H groups in total. The SMILES string of the molecule is COC1CCN(C(=O)COCC(F)(F)F)C(CN)C1.Cl. The van der Waals surface area contributed by atoms with Gasteiger partial charge in [0, 0.05) is 26.2 Å². The Hall–Kier alpha value is -0.570. The van der Waals surface area contributed by atoms with E-state index < -0.39 is 25.3 Å². The van der Waals surface area contributed by atoms with Crippen molar-refractivity contribution in [2.45, 2.75) is 31.2 Å². The van der Waals surface area contributed by atoms with Crippen molar-refractivity contribution in [3.8, 4) is 0 Å². The summed E-state index contributed by atoms with van der Waals surface area (Å²) in [6.45, 7) is -1.31. The maximum Gasteiger partial charge on any atom is 0.411 e. The first-order valence-electron chi connectivity index (χ1n) is 6.04. The molecule has 1 aliphatic rings. The number of carbonyl (C=O) groups excluding carboxylic acids is 1. The van der Waals surface area contributed by atoms with Crippen LogP contribution in [0.15, 0.2) is 0 Å². The Balaban J connectivity index is 0.00000361. The maximum absolute atomic E-state index is 11.9. The zero-order valence-electron chi connectivity index (χ0n) is 11.2. The zero-order valence-corrected chi connectivity index (χ0v) is 12.0. The lowest BCUT2D eigenvalue weighted by Crippen LogP contribution is -2.52. The van der Waals surface area contributed by atoms with Crippen molar-refractivity contribution in [1.82, 2.24) is 4.90 Å². The highest BCUT2D eigenvalue weighted by atomic mass is 35.5. The Kier molecular flexibility index (Phi) is 8.41. The van der Waals surface area contributed by atoms with Gasteiger partial charge < -0.3 is 20.1 Å². The fourth-order valence-electron chi connectivity index (χ4n) is 2.12. The monoisotopic (exact) mass is 320 g/mol. The minimum atomic E-state index is -4.42. The lowest BCUT2D eigenvalue weighted by atomic mass is 9.99. The second-order valence-electron chi connectivity index (χ2n) is 4.47. The van der Waals surface area contributed by atoms with Crippen molar-refractivity contribution in [2.24, 2.45) is 5.73 Å². The molecule has 1 heterocycles. The smallest absolute Gasteiger partial charge is 0.381 e. The summed E-state index contributed by atoms with van der Waals surface area (Å²) >= 11 is 0. The average molecular weight is 321 g/mol. The van der Waals surface area contributed by atoms with Crippen LogP contribution in [0.4, 0.5) is 13.2 Å². The normalized spacial score (nSPS) is 23.4. The summed E-state index contributed by atoms with van der Waals surface area (Å²) in [6, 6.07) is -0.208. The first kappa shape index (κ1) is 19.4. The van der Waals surface area contributed by atoms with Gasteiger partial charge in [0.2, 0.25) is 5.91 Å². The summed E-state index contributed by atoms with van der Waals surface area (Å²) < 4.78 is 45.3. The van der Waals surface area contributed by atoms with Crippen molar-refractivity contribution in [2.75, 3.05) is 33.4 Å². The van der Waals surface area contributed by atoms with Crippen molar-refractivity contribution < 1.29 is 27.4 Å². The molecule has 2 unspecified atom stereocenters. The second-order valence-corrected chi connectivity index (χ2v) is 4.47. The molecule has 9 heteroatoms. The van der Waals surface area contributed by atoms with E-state index in [4.69, 9.17) is 10.5 Å². The summed E-state index contributed by atoms with van der Waals surface area (Å²) in [7, 11) is 1.59. The van der Waals surface area contributed by atoms with Gasteiger partial charge in [-0.15, -0.1) is 12.4 Å². The Morgan fingerprint density at radius 1 is 1.45 bits per heavy atom. The number of nitrogens with two attached hydrogens (primary N) is 1. The van der Waals surface area contributed by atoms with Crippen LogP contribution in [0.3, 0.4) is 0 Å². The van der Waals surface area contributed by atoms with Gasteiger partial charge in [-0.25, -0.2) is 0 Å². The molecule has 1 saturated heterocycles. The lowest BCUT2D eigenvalue weighted by Gasteiger charge is -2.38. The molecule has 1 aliphatic heterocycles. The Bertz CT molecular complexity index is 305. The van der Waals surface area contributed by atoms with Gasteiger partial charge in [-0.3, -0.25) is 4.79 Å². The largest absolute Gasteiger partial charge is 0.411 e. The topological polar surface area (TPSA) is 64.8 Å². The minimum absolute atomic E-state index is 0. The number of amides is 1. The third-order valence-electron chi connectivity index (χ3n) is 3.08. The minimum Gasteiger partial charge on any atom is -0.381 e. The third kappa shape index (κ3) is 6.25. The van der Waals surface area contributed by atoms with E-state index in [1.807, 2.05) is 0 Å². The summed E-state index contributed by atoms with van der Waals surface area (Å²) in [6.07, 6.45) is -3.14. The molecule has 0 radical (unpaired) electrons. The van der Waals surface area contributed by atoms with Crippen LogP contribution in [0.5, 0.6) is 0 Å². The number of methoxy groups -OCH3 is 1. The fourth-order valence-corrected chi connectivity index (χ4v) is 2.12. The number of rotatable bonds is 5. The van der Waals surface area contributed by atoms with E-state index in [0.717, 1.165) is 0 Å². The highest BCUT2D eigenvalue weighted by molar-refractivity contribution is 5.85. The predicted octanol–water partition coefficient (Wildman–Crippen LogP) is 0.952. The van der Waals surface area contributed by atoms with Gasteiger partial charge in [-0.2, -0.15) is 13.2 Å². The molecule has 0 aromatic carbocycles. The number of nitrogens with zero attached hydrogens (tertiary/aromatic N) is 1. The van der Waals surface area contributed by atoms with Crippen LogP contribution in [0.2, 0.25) is 0 Å². The van der Waals surface area contributed by atoms with Crippen molar-refractivity contribution in [3.63, 3.8) is 0 Å². The maximum atomic E-state index is 11.9. The van der Waals surface area contributed by atoms with Crippen molar-refractivity contribution in [3.05, 3.63) is 0 Å². The molecule has 0 spiro atoms. The molecule has 0 aliphatic carbocycles. The Labute approximate surface area is 122 Å². The molecule has 1 amide bonds. The van der Waals surface area contributed by atoms with E-state index in [1.54, 1.807) is 7.11 Å². The summed E-state index contributed by atoms with van der Waals surface area (Å²) in [5.41, 5.74) is 5.58. The van der Waals surface area contributed by atoms with E-state index in [2.05, 4.69) is 4.74 Å². The van der Waals surface area contributed by atoms with Crippen LogP contribution < -0.4 is 5.73 Å². The molecule has 20 heavy (non-hydrogen) atoms. The molecule has 0 aromatic rings. The summed E-state index contributed by atoms with van der Waals surface area (Å²) in [5.74, 6) is -0.464. The third-order valence-corrected chi connectivity index (χ3v) is 3.08. The predicted molar refractivity (Wildman–Crippen MR) is 68.7 cm³/mol. The van der Waals surface area contributed by atoms with Gasteiger partial charge in [0.05, 0.1) is 6.10 Å². The molecule has 120 valence electrons. The van der Waals surface area contributed by atoms with Gasteiger partial charge in [0.15, 0.2) is 0 Å². The number of halogens is 4. The van der Waals surface area contributed by atoms with Crippen molar-refractivity contribution >= 4 is 18.3 Å². The zero-order chi connectivity index (χ0) is 14.5. The van der Waals surface area contributed by atoms with Crippen LogP contribution in [0.25, 0.3) is 0 Å². The van der Waals surface area contributed by atoms with Gasteiger partial charge in [0.1, 0.15) is 13.2 Å². The summed E-state index contributed by atoms with van der Waals surface area (Å²) in [5, 5.41) is 0.